The van der Waals surface area contributed by atoms with Crippen LogP contribution in [0.4, 0.5) is 0 Å². The second-order valence-electron chi connectivity index (χ2n) is 15.3. The number of aliphatic carboxylic acids is 2. The third-order valence-electron chi connectivity index (χ3n) is 9.95. The van der Waals surface area contributed by atoms with Crippen LogP contribution in [0.25, 0.3) is 0 Å². The number of hydrogen-bond acceptors (Lipinski definition) is 2. The van der Waals surface area contributed by atoms with Crippen molar-refractivity contribution in [1.29, 1.82) is 0 Å². The van der Waals surface area contributed by atoms with Crippen molar-refractivity contribution in [2.75, 3.05) is 0 Å². The van der Waals surface area contributed by atoms with E-state index in [0.717, 1.165) is 25.7 Å². The Morgan fingerprint density at radius 3 is 0.480 bits per heavy atom. The molecule has 0 heterocycles. The Balaban J connectivity index is -0.000000701. The van der Waals surface area contributed by atoms with Crippen molar-refractivity contribution in [3.8, 4) is 0 Å². The van der Waals surface area contributed by atoms with Crippen LogP contribution in [-0.4, -0.2) is 22.2 Å². The summed E-state index contributed by atoms with van der Waals surface area (Å²) in [5.74, 6) is -1.31. The summed E-state index contributed by atoms with van der Waals surface area (Å²) in [7, 11) is 0. The molecule has 50 heavy (non-hydrogen) atoms. The molecule has 0 aliphatic heterocycles. The van der Waals surface area contributed by atoms with Crippen LogP contribution < -0.4 is 0 Å². The highest BCUT2D eigenvalue weighted by molar-refractivity contribution is 5.66. The van der Waals surface area contributed by atoms with Crippen LogP contribution in [0.3, 0.4) is 0 Å². The molecule has 4 heteroatoms. The molecule has 4 nitrogen and oxygen atoms in total. The third kappa shape index (κ3) is 62.1. The Kier molecular flexibility index (Phi) is 55.7. The average molecular weight is 711 g/mol. The lowest BCUT2D eigenvalue weighted by Crippen LogP contribution is -1.93. The fourth-order valence-corrected chi connectivity index (χ4v) is 6.50. The summed E-state index contributed by atoms with van der Waals surface area (Å²) in [5.41, 5.74) is 0. The summed E-state index contributed by atoms with van der Waals surface area (Å²) in [5, 5.41) is 17.0. The van der Waals surface area contributed by atoms with Gasteiger partial charge >= 0.3 is 11.9 Å². The zero-order valence-electron chi connectivity index (χ0n) is 35.0. The molecule has 0 aromatic carbocycles. The van der Waals surface area contributed by atoms with Crippen molar-refractivity contribution in [3.63, 3.8) is 0 Å². The minimum atomic E-state index is -0.653. The molecule has 302 valence electrons. The van der Waals surface area contributed by atoms with E-state index in [4.69, 9.17) is 10.2 Å². The molecule has 0 aromatic rings. The Morgan fingerprint density at radius 1 is 0.240 bits per heavy atom. The minimum absolute atomic E-state index is 0.345. The first-order valence-corrected chi connectivity index (χ1v) is 22.9. The number of carboxylic acid groups (broad SMARTS) is 2. The number of rotatable bonds is 39. The summed E-state index contributed by atoms with van der Waals surface area (Å²) in [6, 6.07) is 0. The molecule has 0 fully saturated rings. The Hall–Kier alpha value is -1.06. The third-order valence-corrected chi connectivity index (χ3v) is 9.95. The first kappa shape index (κ1) is 53.3. The molecule has 0 atom stereocenters. The highest BCUT2D eigenvalue weighted by Gasteiger charge is 1.98. The van der Waals surface area contributed by atoms with E-state index in [2.05, 4.69) is 27.7 Å². The van der Waals surface area contributed by atoms with E-state index >= 15 is 0 Å². The Morgan fingerprint density at radius 2 is 0.360 bits per heavy atom. The fourth-order valence-electron chi connectivity index (χ4n) is 6.50. The van der Waals surface area contributed by atoms with E-state index < -0.39 is 11.9 Å². The van der Waals surface area contributed by atoms with Gasteiger partial charge in [-0.1, -0.05) is 259 Å². The van der Waals surface area contributed by atoms with Crippen molar-refractivity contribution >= 4 is 11.9 Å². The summed E-state index contributed by atoms with van der Waals surface area (Å²) >= 11 is 0. The highest BCUT2D eigenvalue weighted by atomic mass is 16.4. The maximum Gasteiger partial charge on any atom is 0.303 e. The van der Waals surface area contributed by atoms with E-state index in [-0.39, 0.29) is 0 Å². The van der Waals surface area contributed by atoms with Gasteiger partial charge in [0, 0.05) is 12.8 Å². The SMILES string of the molecule is CCCCCCCCCC.CCCCCCCCCCCCCCCCCC(=O)O.CCCCCCCCCCCCCCCCCC(=O)O. The first-order valence-electron chi connectivity index (χ1n) is 22.9. The normalized spacial score (nSPS) is 10.7. The van der Waals surface area contributed by atoms with E-state index in [9.17, 15) is 9.59 Å². The quantitative estimate of drug-likeness (QED) is 0.0623. The van der Waals surface area contributed by atoms with Gasteiger partial charge in [0.05, 0.1) is 0 Å². The van der Waals surface area contributed by atoms with Crippen LogP contribution >= 0.6 is 0 Å². The monoisotopic (exact) mass is 711 g/mol. The molecule has 2 N–H and O–H groups in total. The smallest absolute Gasteiger partial charge is 0.303 e. The number of carboxylic acids is 2. The van der Waals surface area contributed by atoms with E-state index in [1.54, 1.807) is 0 Å². The lowest BCUT2D eigenvalue weighted by atomic mass is 10.0. The topological polar surface area (TPSA) is 74.6 Å². The minimum Gasteiger partial charge on any atom is -0.481 e. The number of carbonyl (C=O) groups is 2. The van der Waals surface area contributed by atoms with E-state index in [0.29, 0.717) is 12.8 Å². The van der Waals surface area contributed by atoms with Gasteiger partial charge in [0.1, 0.15) is 0 Å². The number of hydrogen-bond donors (Lipinski definition) is 2. The predicted molar refractivity (Wildman–Crippen MR) is 223 cm³/mol. The molecule has 0 saturated heterocycles. The van der Waals surface area contributed by atoms with Gasteiger partial charge in [-0.3, -0.25) is 9.59 Å². The van der Waals surface area contributed by atoms with Gasteiger partial charge in [-0.25, -0.2) is 0 Å². The Labute approximate surface area is 315 Å². The van der Waals surface area contributed by atoms with Crippen LogP contribution in [-0.2, 0) is 9.59 Å². The van der Waals surface area contributed by atoms with Gasteiger partial charge in [-0.05, 0) is 12.8 Å². The average Bonchev–Trinajstić information content (AvgIpc) is 3.10. The van der Waals surface area contributed by atoms with Crippen molar-refractivity contribution in [3.05, 3.63) is 0 Å². The van der Waals surface area contributed by atoms with Crippen LogP contribution in [0.5, 0.6) is 0 Å². The van der Waals surface area contributed by atoms with Gasteiger partial charge in [0.25, 0.3) is 0 Å². The standard InChI is InChI=1S/2C18H36O2.C10H22/c2*1-2-3-4-5-6-7-8-9-10-11-12-13-14-15-16-17-18(19)20;1-3-5-7-9-10-8-6-4-2/h2*2-17H2,1H3,(H,19,20);3-10H2,1-2H3. The molecule has 0 aromatic heterocycles. The molecular weight excluding hydrogens is 617 g/mol. The lowest BCUT2D eigenvalue weighted by Gasteiger charge is -2.03. The van der Waals surface area contributed by atoms with Crippen LogP contribution in [0.2, 0.25) is 0 Å². The summed E-state index contributed by atoms with van der Waals surface area (Å²) in [4.78, 5) is 20.7. The molecule has 0 aliphatic rings. The first-order chi connectivity index (χ1) is 24.5. The van der Waals surface area contributed by atoms with Crippen LogP contribution in [0.15, 0.2) is 0 Å². The molecule has 0 bridgehead atoms. The molecule has 0 unspecified atom stereocenters. The zero-order chi connectivity index (χ0) is 37.4. The maximum absolute atomic E-state index is 10.3. The molecule has 0 rings (SSSR count). The molecule has 0 aliphatic carbocycles. The largest absolute Gasteiger partial charge is 0.481 e. The van der Waals surface area contributed by atoms with Crippen molar-refractivity contribution in [2.24, 2.45) is 0 Å². The van der Waals surface area contributed by atoms with Crippen LogP contribution in [0, 0.1) is 0 Å². The van der Waals surface area contributed by atoms with Crippen molar-refractivity contribution in [1.82, 2.24) is 0 Å². The lowest BCUT2D eigenvalue weighted by molar-refractivity contribution is -0.138. The Bertz CT molecular complexity index is 553. The zero-order valence-corrected chi connectivity index (χ0v) is 35.0. The number of unbranched alkanes of at least 4 members (excludes halogenated alkanes) is 35. The van der Waals surface area contributed by atoms with Crippen molar-refractivity contribution < 1.29 is 19.8 Å². The highest BCUT2D eigenvalue weighted by Crippen LogP contribution is 2.15. The van der Waals surface area contributed by atoms with Crippen molar-refractivity contribution in [2.45, 2.75) is 285 Å². The predicted octanol–water partition coefficient (Wildman–Crippen LogP) is 16.8. The van der Waals surface area contributed by atoms with E-state index in [1.165, 1.54) is 218 Å². The second-order valence-corrected chi connectivity index (χ2v) is 15.3. The van der Waals surface area contributed by atoms with Gasteiger partial charge in [-0.15, -0.1) is 0 Å². The summed E-state index contributed by atoms with van der Waals surface area (Å²) < 4.78 is 0. The van der Waals surface area contributed by atoms with Crippen LogP contribution in [0.1, 0.15) is 285 Å². The molecule has 0 radical (unpaired) electrons. The maximum atomic E-state index is 10.3. The fraction of sp³-hybridized carbons (Fsp3) is 0.957. The van der Waals surface area contributed by atoms with Gasteiger partial charge in [0.15, 0.2) is 0 Å². The second kappa shape index (κ2) is 52.3. The van der Waals surface area contributed by atoms with Gasteiger partial charge in [-0.2, -0.15) is 0 Å². The molecule has 0 saturated carbocycles. The molecule has 0 spiro atoms. The molecule has 0 amide bonds. The van der Waals surface area contributed by atoms with Gasteiger partial charge < -0.3 is 10.2 Å². The van der Waals surface area contributed by atoms with E-state index in [1.807, 2.05) is 0 Å². The summed E-state index contributed by atoms with van der Waals surface area (Å²) in [6.45, 7) is 9.08. The van der Waals surface area contributed by atoms with Gasteiger partial charge in [0.2, 0.25) is 0 Å². The molecular formula is C46H94O4. The summed E-state index contributed by atoms with van der Waals surface area (Å²) in [6.07, 6.45) is 51.9.